The number of nitriles is 1. The van der Waals surface area contributed by atoms with Crippen molar-refractivity contribution in [2.45, 2.75) is 13.1 Å². The third kappa shape index (κ3) is 2.73. The molecule has 1 rings (SSSR count). The Morgan fingerprint density at radius 3 is 2.56 bits per heavy atom. The lowest BCUT2D eigenvalue weighted by Crippen LogP contribution is -2.30. The Morgan fingerprint density at radius 1 is 1.44 bits per heavy atom. The Kier molecular flexibility index (Phi) is 3.18. The highest BCUT2D eigenvalue weighted by atomic mass is 19.4. The maximum absolute atomic E-state index is 12.0. The van der Waals surface area contributed by atoms with E-state index in [2.05, 4.69) is 0 Å². The lowest BCUT2D eigenvalue weighted by molar-refractivity contribution is -0.167. The smallest absolute Gasteiger partial charge is 0.317 e. The van der Waals surface area contributed by atoms with Crippen molar-refractivity contribution in [1.29, 1.82) is 5.26 Å². The molecule has 0 aliphatic carbocycles. The fourth-order valence-corrected chi connectivity index (χ4v) is 1.05. The zero-order chi connectivity index (χ0) is 12.3. The summed E-state index contributed by atoms with van der Waals surface area (Å²) in [5, 5.41) is 10.3. The van der Waals surface area contributed by atoms with Crippen LogP contribution in [0.4, 0.5) is 18.9 Å². The molecule has 0 aliphatic rings. The number of amides is 1. The van der Waals surface area contributed by atoms with E-state index < -0.39 is 12.1 Å². The predicted octanol–water partition coefficient (Wildman–Crippen LogP) is 2.37. The van der Waals surface area contributed by atoms with Gasteiger partial charge in [0.15, 0.2) is 0 Å². The van der Waals surface area contributed by atoms with Crippen LogP contribution in [-0.2, 0) is 4.79 Å². The Balaban J connectivity index is 3.02. The van der Waals surface area contributed by atoms with Crippen molar-refractivity contribution in [1.82, 2.24) is 0 Å². The van der Waals surface area contributed by atoms with Crippen LogP contribution in [0.15, 0.2) is 18.2 Å². The van der Waals surface area contributed by atoms with Gasteiger partial charge in [-0.25, -0.2) is 0 Å². The number of alkyl halides is 3. The summed E-state index contributed by atoms with van der Waals surface area (Å²) in [6, 6.07) is 5.93. The van der Waals surface area contributed by atoms with Crippen molar-refractivity contribution in [3.63, 3.8) is 0 Å². The Bertz CT molecular complexity index is 460. The molecule has 1 N–H and O–H groups in total. The third-order valence-corrected chi connectivity index (χ3v) is 1.80. The summed E-state index contributed by atoms with van der Waals surface area (Å²) in [7, 11) is 0. The molecule has 0 saturated heterocycles. The van der Waals surface area contributed by atoms with E-state index in [1.807, 2.05) is 0 Å². The van der Waals surface area contributed by atoms with E-state index >= 15 is 0 Å². The first-order valence-corrected chi connectivity index (χ1v) is 4.23. The molecule has 1 aromatic carbocycles. The molecule has 0 radical (unpaired) electrons. The summed E-state index contributed by atoms with van der Waals surface area (Å²) in [5.41, 5.74) is 0.504. The lowest BCUT2D eigenvalue weighted by atomic mass is 10.1. The van der Waals surface area contributed by atoms with Crippen molar-refractivity contribution in [2.24, 2.45) is 0 Å². The molecule has 0 saturated carbocycles. The second kappa shape index (κ2) is 4.23. The molecule has 1 aromatic rings. The van der Waals surface area contributed by atoms with Crippen LogP contribution < -0.4 is 5.32 Å². The Labute approximate surface area is 89.5 Å². The monoisotopic (exact) mass is 228 g/mol. The number of anilines is 1. The van der Waals surface area contributed by atoms with Crippen LogP contribution in [0.3, 0.4) is 0 Å². The van der Waals surface area contributed by atoms with E-state index in [0.29, 0.717) is 5.56 Å². The number of hydrogen-bond donors (Lipinski definition) is 1. The molecule has 0 bridgehead atoms. The van der Waals surface area contributed by atoms with Crippen molar-refractivity contribution >= 4 is 11.6 Å². The van der Waals surface area contributed by atoms with E-state index in [1.165, 1.54) is 12.1 Å². The van der Waals surface area contributed by atoms with Crippen molar-refractivity contribution < 1.29 is 18.0 Å². The third-order valence-electron chi connectivity index (χ3n) is 1.80. The van der Waals surface area contributed by atoms with Gasteiger partial charge < -0.3 is 5.32 Å². The quantitative estimate of drug-likeness (QED) is 0.802. The fraction of sp³-hybridized carbons (Fsp3) is 0.200. The molecule has 16 heavy (non-hydrogen) atoms. The van der Waals surface area contributed by atoms with E-state index in [1.54, 1.807) is 24.4 Å². The second-order valence-corrected chi connectivity index (χ2v) is 3.11. The zero-order valence-corrected chi connectivity index (χ0v) is 8.22. The van der Waals surface area contributed by atoms with Crippen LogP contribution in [0.25, 0.3) is 0 Å². The van der Waals surface area contributed by atoms with Crippen LogP contribution in [0.2, 0.25) is 0 Å². The van der Waals surface area contributed by atoms with Gasteiger partial charge in [0.25, 0.3) is 0 Å². The minimum absolute atomic E-state index is 0.0109. The number of carbonyl (C=O) groups excluding carboxylic acids is 1. The molecular weight excluding hydrogens is 221 g/mol. The van der Waals surface area contributed by atoms with Crippen molar-refractivity contribution in [3.8, 4) is 6.07 Å². The van der Waals surface area contributed by atoms with Crippen LogP contribution in [0.5, 0.6) is 0 Å². The minimum atomic E-state index is -4.96. The number of nitrogens with one attached hydrogen (secondary N) is 1. The van der Waals surface area contributed by atoms with E-state index in [-0.39, 0.29) is 11.3 Å². The molecule has 0 aliphatic heterocycles. The molecule has 0 aromatic heterocycles. The standard InChI is InChI=1S/C10H7F3N2O/c1-6-2-3-7(5-14)8(4-6)15-9(16)10(11,12)13/h2-4H,1H3,(H,15,16). The van der Waals surface area contributed by atoms with E-state index in [4.69, 9.17) is 5.26 Å². The molecule has 0 atom stereocenters. The molecule has 0 heterocycles. The van der Waals surface area contributed by atoms with Gasteiger partial charge in [-0.05, 0) is 24.6 Å². The summed E-state index contributed by atoms with van der Waals surface area (Å²) in [4.78, 5) is 10.7. The average Bonchev–Trinajstić information content (AvgIpc) is 2.16. The summed E-state index contributed by atoms with van der Waals surface area (Å²) < 4.78 is 35.9. The second-order valence-electron chi connectivity index (χ2n) is 3.11. The van der Waals surface area contributed by atoms with Gasteiger partial charge >= 0.3 is 12.1 Å². The summed E-state index contributed by atoms with van der Waals surface area (Å²) in [6.45, 7) is 1.64. The molecule has 6 heteroatoms. The maximum Gasteiger partial charge on any atom is 0.471 e. The first kappa shape index (κ1) is 12.0. The molecule has 84 valence electrons. The number of benzene rings is 1. The number of nitrogens with zero attached hydrogens (tertiary/aromatic N) is 1. The van der Waals surface area contributed by atoms with Gasteiger partial charge in [-0.1, -0.05) is 6.07 Å². The normalized spacial score (nSPS) is 10.7. The Hall–Kier alpha value is -2.03. The Morgan fingerprint density at radius 2 is 2.06 bits per heavy atom. The molecular formula is C10H7F3N2O. The predicted molar refractivity (Wildman–Crippen MR) is 50.6 cm³/mol. The molecule has 0 fully saturated rings. The molecule has 0 unspecified atom stereocenters. The highest BCUT2D eigenvalue weighted by molar-refractivity contribution is 5.96. The summed E-state index contributed by atoms with van der Waals surface area (Å²) >= 11 is 0. The minimum Gasteiger partial charge on any atom is -0.317 e. The van der Waals surface area contributed by atoms with E-state index in [9.17, 15) is 18.0 Å². The topological polar surface area (TPSA) is 52.9 Å². The van der Waals surface area contributed by atoms with Crippen molar-refractivity contribution in [3.05, 3.63) is 29.3 Å². The van der Waals surface area contributed by atoms with Gasteiger partial charge in [0.05, 0.1) is 11.3 Å². The first-order valence-electron chi connectivity index (χ1n) is 4.23. The maximum atomic E-state index is 12.0. The number of halogens is 3. The van der Waals surface area contributed by atoms with Gasteiger partial charge in [-0.2, -0.15) is 18.4 Å². The summed E-state index contributed by atoms with van der Waals surface area (Å²) in [6.07, 6.45) is -4.96. The number of carbonyl (C=O) groups is 1. The fourth-order valence-electron chi connectivity index (χ4n) is 1.05. The first-order chi connectivity index (χ1) is 7.34. The number of hydrogen-bond acceptors (Lipinski definition) is 2. The lowest BCUT2D eigenvalue weighted by Gasteiger charge is -2.09. The highest BCUT2D eigenvalue weighted by Gasteiger charge is 2.38. The van der Waals surface area contributed by atoms with Gasteiger partial charge in [-0.3, -0.25) is 4.79 Å². The SMILES string of the molecule is Cc1ccc(C#N)c(NC(=O)C(F)(F)F)c1. The highest BCUT2D eigenvalue weighted by Crippen LogP contribution is 2.21. The van der Waals surface area contributed by atoms with Crippen LogP contribution in [-0.4, -0.2) is 12.1 Å². The number of rotatable bonds is 1. The van der Waals surface area contributed by atoms with Gasteiger partial charge in [-0.15, -0.1) is 0 Å². The van der Waals surface area contributed by atoms with Gasteiger partial charge in [0.1, 0.15) is 6.07 Å². The van der Waals surface area contributed by atoms with E-state index in [0.717, 1.165) is 0 Å². The van der Waals surface area contributed by atoms with Crippen LogP contribution >= 0.6 is 0 Å². The van der Waals surface area contributed by atoms with Gasteiger partial charge in [0, 0.05) is 0 Å². The zero-order valence-electron chi connectivity index (χ0n) is 8.22. The molecule has 0 spiro atoms. The van der Waals surface area contributed by atoms with Crippen LogP contribution in [0.1, 0.15) is 11.1 Å². The molecule has 1 amide bonds. The van der Waals surface area contributed by atoms with Crippen molar-refractivity contribution in [2.75, 3.05) is 5.32 Å². The van der Waals surface area contributed by atoms with Crippen LogP contribution in [0, 0.1) is 18.3 Å². The number of aryl methyl sites for hydroxylation is 1. The average molecular weight is 228 g/mol. The summed E-state index contributed by atoms with van der Waals surface area (Å²) in [5.74, 6) is -2.09. The van der Waals surface area contributed by atoms with Gasteiger partial charge in [0.2, 0.25) is 0 Å². The molecule has 3 nitrogen and oxygen atoms in total. The largest absolute Gasteiger partial charge is 0.471 e.